The van der Waals surface area contributed by atoms with Gasteiger partial charge in [-0.05, 0) is 29.1 Å². The average molecular weight is 407 g/mol. The first-order chi connectivity index (χ1) is 14.0. The van der Waals surface area contributed by atoms with E-state index in [1.807, 2.05) is 35.7 Å². The van der Waals surface area contributed by atoms with E-state index >= 15 is 0 Å². The number of carbonyl (C=O) groups is 2. The fourth-order valence-electron chi connectivity index (χ4n) is 3.46. The van der Waals surface area contributed by atoms with Crippen LogP contribution in [-0.4, -0.2) is 21.6 Å². The van der Waals surface area contributed by atoms with E-state index in [-0.39, 0.29) is 23.9 Å². The van der Waals surface area contributed by atoms with Gasteiger partial charge >= 0.3 is 0 Å². The van der Waals surface area contributed by atoms with Crippen LogP contribution in [0.25, 0.3) is 0 Å². The first kappa shape index (κ1) is 18.8. The average Bonchev–Trinajstić information content (AvgIpc) is 3.35. The quantitative estimate of drug-likeness (QED) is 0.485. The molecule has 0 saturated heterocycles. The number of amides is 2. The third kappa shape index (κ3) is 3.88. The summed E-state index contributed by atoms with van der Waals surface area (Å²) >= 11 is 1.49. The number of nitrogens with zero attached hydrogens (tertiary/aromatic N) is 2. The zero-order valence-electron chi connectivity index (χ0n) is 15.3. The van der Waals surface area contributed by atoms with Gasteiger partial charge < -0.3 is 10.2 Å². The van der Waals surface area contributed by atoms with E-state index in [0.29, 0.717) is 17.8 Å². The Morgan fingerprint density at radius 2 is 2.00 bits per heavy atom. The van der Waals surface area contributed by atoms with Gasteiger partial charge in [-0.2, -0.15) is 0 Å². The van der Waals surface area contributed by atoms with E-state index in [1.165, 1.54) is 29.5 Å². The monoisotopic (exact) mass is 407 g/mol. The van der Waals surface area contributed by atoms with Crippen LogP contribution < -0.4 is 5.32 Å². The second-order valence-corrected chi connectivity index (χ2v) is 7.66. The van der Waals surface area contributed by atoms with Crippen molar-refractivity contribution in [3.8, 4) is 0 Å². The molecule has 1 unspecified atom stereocenters. The van der Waals surface area contributed by atoms with E-state index in [4.69, 9.17) is 0 Å². The second kappa shape index (κ2) is 7.84. The maximum atomic E-state index is 12.9. The molecule has 0 bridgehead atoms. The summed E-state index contributed by atoms with van der Waals surface area (Å²) in [6.45, 7) is 0.446. The molecule has 146 valence electrons. The van der Waals surface area contributed by atoms with Crippen LogP contribution in [0.2, 0.25) is 0 Å². The lowest BCUT2D eigenvalue weighted by atomic mass is 10.1. The number of nitro groups is 1. The lowest BCUT2D eigenvalue weighted by molar-refractivity contribution is -0.384. The molecule has 1 aliphatic heterocycles. The van der Waals surface area contributed by atoms with Gasteiger partial charge in [-0.15, -0.1) is 11.3 Å². The number of hydrogen-bond acceptors (Lipinski definition) is 5. The Bertz CT molecular complexity index is 1080. The fourth-order valence-corrected chi connectivity index (χ4v) is 4.30. The Labute approximate surface area is 170 Å². The smallest absolute Gasteiger partial charge is 0.271 e. The number of carbonyl (C=O) groups excluding carboxylic acids is 2. The van der Waals surface area contributed by atoms with Crippen LogP contribution in [0.3, 0.4) is 0 Å². The highest BCUT2D eigenvalue weighted by molar-refractivity contribution is 7.10. The van der Waals surface area contributed by atoms with E-state index in [0.717, 1.165) is 10.4 Å². The molecule has 8 heteroatoms. The predicted molar refractivity (Wildman–Crippen MR) is 110 cm³/mol. The standard InChI is InChI=1S/C21H17N3O4S/c25-20(22-15-6-3-7-16(11-15)24(27)28)12-18(19-9-4-10-29-19)23-13-14-5-1-2-8-17(14)21(23)26/h1-11,18H,12-13H2,(H,22,25). The summed E-state index contributed by atoms with van der Waals surface area (Å²) in [6, 6.07) is 16.6. The summed E-state index contributed by atoms with van der Waals surface area (Å²) in [7, 11) is 0. The molecule has 1 atom stereocenters. The van der Waals surface area contributed by atoms with Crippen molar-refractivity contribution in [3.05, 3.63) is 92.2 Å². The van der Waals surface area contributed by atoms with Crippen LogP contribution in [-0.2, 0) is 11.3 Å². The molecule has 3 aromatic rings. The first-order valence-corrected chi connectivity index (χ1v) is 9.87. The molecule has 2 amide bonds. The van der Waals surface area contributed by atoms with Crippen LogP contribution in [0.15, 0.2) is 66.0 Å². The number of rotatable bonds is 6. The highest BCUT2D eigenvalue weighted by atomic mass is 32.1. The van der Waals surface area contributed by atoms with E-state index < -0.39 is 11.0 Å². The number of thiophene rings is 1. The minimum atomic E-state index is -0.510. The molecule has 4 rings (SSSR count). The summed E-state index contributed by atoms with van der Waals surface area (Å²) < 4.78 is 0. The van der Waals surface area contributed by atoms with Crippen molar-refractivity contribution in [2.75, 3.05) is 5.32 Å². The number of fused-ring (bicyclic) bond motifs is 1. The van der Waals surface area contributed by atoms with E-state index in [9.17, 15) is 19.7 Å². The molecule has 1 N–H and O–H groups in total. The van der Waals surface area contributed by atoms with Crippen molar-refractivity contribution in [2.45, 2.75) is 19.0 Å². The van der Waals surface area contributed by atoms with E-state index in [2.05, 4.69) is 5.32 Å². The third-order valence-corrected chi connectivity index (χ3v) is 5.79. The number of nitrogens with one attached hydrogen (secondary N) is 1. The molecule has 0 aliphatic carbocycles. The molecule has 0 spiro atoms. The van der Waals surface area contributed by atoms with Crippen molar-refractivity contribution < 1.29 is 14.5 Å². The molecule has 0 fully saturated rings. The third-order valence-electron chi connectivity index (χ3n) is 4.82. The number of benzene rings is 2. The summed E-state index contributed by atoms with van der Waals surface area (Å²) in [5, 5.41) is 15.6. The van der Waals surface area contributed by atoms with Gasteiger partial charge in [-0.25, -0.2) is 0 Å². The Balaban J connectivity index is 1.55. The van der Waals surface area contributed by atoms with Gasteiger partial charge in [0.25, 0.3) is 11.6 Å². The number of hydrogen-bond donors (Lipinski definition) is 1. The number of nitro benzene ring substituents is 1. The van der Waals surface area contributed by atoms with Crippen molar-refractivity contribution in [3.63, 3.8) is 0 Å². The van der Waals surface area contributed by atoms with E-state index in [1.54, 1.807) is 17.0 Å². The Morgan fingerprint density at radius 1 is 1.17 bits per heavy atom. The molecule has 1 aromatic heterocycles. The minimum absolute atomic E-state index is 0.0585. The summed E-state index contributed by atoms with van der Waals surface area (Å²) in [4.78, 5) is 38.7. The molecule has 0 radical (unpaired) electrons. The van der Waals surface area contributed by atoms with Gasteiger partial charge in [0.15, 0.2) is 0 Å². The highest BCUT2D eigenvalue weighted by Crippen LogP contribution is 2.35. The van der Waals surface area contributed by atoms with Crippen molar-refractivity contribution in [1.29, 1.82) is 0 Å². The van der Waals surface area contributed by atoms with Crippen molar-refractivity contribution >= 4 is 34.5 Å². The van der Waals surface area contributed by atoms with Gasteiger partial charge in [0, 0.05) is 34.8 Å². The van der Waals surface area contributed by atoms with Crippen molar-refractivity contribution in [2.24, 2.45) is 0 Å². The van der Waals surface area contributed by atoms with Gasteiger partial charge in [0.05, 0.1) is 17.4 Å². The Morgan fingerprint density at radius 3 is 2.72 bits per heavy atom. The molecular weight excluding hydrogens is 390 g/mol. The second-order valence-electron chi connectivity index (χ2n) is 6.68. The van der Waals surface area contributed by atoms with Gasteiger partial charge in [0.2, 0.25) is 5.91 Å². The van der Waals surface area contributed by atoms with Crippen LogP contribution in [0.5, 0.6) is 0 Å². The zero-order chi connectivity index (χ0) is 20.4. The van der Waals surface area contributed by atoms with Gasteiger partial charge in [0.1, 0.15) is 0 Å². The summed E-state index contributed by atoms with van der Waals surface area (Å²) in [6.07, 6.45) is 0.0585. The summed E-state index contributed by atoms with van der Waals surface area (Å²) in [5.74, 6) is -0.408. The van der Waals surface area contributed by atoms with Crippen molar-refractivity contribution in [1.82, 2.24) is 4.90 Å². The normalized spacial score (nSPS) is 13.8. The first-order valence-electron chi connectivity index (χ1n) is 8.99. The maximum Gasteiger partial charge on any atom is 0.271 e. The molecule has 1 aliphatic rings. The fraction of sp³-hybridized carbons (Fsp3) is 0.143. The van der Waals surface area contributed by atoms with Crippen LogP contribution in [0.4, 0.5) is 11.4 Å². The highest BCUT2D eigenvalue weighted by Gasteiger charge is 2.34. The zero-order valence-corrected chi connectivity index (χ0v) is 16.1. The molecular formula is C21H17N3O4S. The largest absolute Gasteiger partial charge is 0.326 e. The number of non-ortho nitro benzene ring substituents is 1. The van der Waals surface area contributed by atoms with Crippen LogP contribution in [0.1, 0.15) is 33.3 Å². The molecule has 0 saturated carbocycles. The molecule has 2 aromatic carbocycles. The predicted octanol–water partition coefficient (Wildman–Crippen LogP) is 4.38. The van der Waals surface area contributed by atoms with Gasteiger partial charge in [-0.3, -0.25) is 19.7 Å². The lowest BCUT2D eigenvalue weighted by Crippen LogP contribution is -2.31. The van der Waals surface area contributed by atoms with Crippen LogP contribution >= 0.6 is 11.3 Å². The molecule has 29 heavy (non-hydrogen) atoms. The SMILES string of the molecule is O=C(CC(c1cccs1)N1Cc2ccccc2C1=O)Nc1cccc([N+](=O)[O-])c1. The van der Waals surface area contributed by atoms with Crippen LogP contribution in [0, 0.1) is 10.1 Å². The Hall–Kier alpha value is -3.52. The topological polar surface area (TPSA) is 92.6 Å². The maximum absolute atomic E-state index is 12.9. The summed E-state index contributed by atoms with van der Waals surface area (Å²) in [5.41, 5.74) is 1.86. The lowest BCUT2D eigenvalue weighted by Gasteiger charge is -2.26. The minimum Gasteiger partial charge on any atom is -0.326 e. The molecule has 2 heterocycles. The Kier molecular flexibility index (Phi) is 5.09. The van der Waals surface area contributed by atoms with Gasteiger partial charge in [-0.1, -0.05) is 30.3 Å². The number of anilines is 1. The molecule has 7 nitrogen and oxygen atoms in total.